The van der Waals surface area contributed by atoms with Crippen molar-refractivity contribution < 1.29 is 19.1 Å². The fourth-order valence-electron chi connectivity index (χ4n) is 3.34. The lowest BCUT2D eigenvalue weighted by Crippen LogP contribution is -2.54. The molecular formula is C20H30N4O4. The first kappa shape index (κ1) is 20.4. The molecule has 1 unspecified atom stereocenters. The summed E-state index contributed by atoms with van der Waals surface area (Å²) in [5.41, 5.74) is 0.671. The topological polar surface area (TPSA) is 83.1 Å². The molecule has 2 aliphatic rings. The maximum absolute atomic E-state index is 12.7. The van der Waals surface area contributed by atoms with Crippen molar-refractivity contribution in [1.29, 1.82) is 0 Å². The van der Waals surface area contributed by atoms with Crippen molar-refractivity contribution in [2.75, 3.05) is 52.3 Å². The van der Waals surface area contributed by atoms with Gasteiger partial charge in [0.05, 0.1) is 26.8 Å². The van der Waals surface area contributed by atoms with Crippen LogP contribution in [0.4, 0.5) is 5.69 Å². The summed E-state index contributed by atoms with van der Waals surface area (Å²) in [7, 11) is 3.14. The number of rotatable bonds is 8. The second-order valence-corrected chi connectivity index (χ2v) is 7.39. The molecule has 2 fully saturated rings. The minimum absolute atomic E-state index is 0.0628. The van der Waals surface area contributed by atoms with Crippen LogP contribution >= 0.6 is 0 Å². The van der Waals surface area contributed by atoms with Gasteiger partial charge in [-0.15, -0.1) is 0 Å². The Labute approximate surface area is 166 Å². The highest BCUT2D eigenvalue weighted by atomic mass is 16.5. The zero-order valence-corrected chi connectivity index (χ0v) is 16.9. The maximum atomic E-state index is 12.7. The van der Waals surface area contributed by atoms with Crippen LogP contribution in [0.5, 0.6) is 11.5 Å². The van der Waals surface area contributed by atoms with E-state index >= 15 is 0 Å². The molecule has 0 spiro atoms. The summed E-state index contributed by atoms with van der Waals surface area (Å²) in [6.45, 7) is 5.44. The van der Waals surface area contributed by atoms with Crippen molar-refractivity contribution in [1.82, 2.24) is 15.1 Å². The van der Waals surface area contributed by atoms with Gasteiger partial charge in [0.2, 0.25) is 11.8 Å². The molecule has 8 nitrogen and oxygen atoms in total. The quantitative estimate of drug-likeness (QED) is 0.687. The smallest absolute Gasteiger partial charge is 0.241 e. The number of anilines is 1. The number of amides is 2. The van der Waals surface area contributed by atoms with Crippen LogP contribution < -0.4 is 20.1 Å². The predicted octanol–water partition coefficient (Wildman–Crippen LogP) is 0.927. The predicted molar refractivity (Wildman–Crippen MR) is 107 cm³/mol. The Balaban J connectivity index is 1.47. The Morgan fingerprint density at radius 1 is 1.11 bits per heavy atom. The molecule has 0 aromatic heterocycles. The third-order valence-electron chi connectivity index (χ3n) is 5.29. The van der Waals surface area contributed by atoms with E-state index in [0.717, 1.165) is 39.0 Å². The van der Waals surface area contributed by atoms with Crippen molar-refractivity contribution in [2.24, 2.45) is 0 Å². The van der Waals surface area contributed by atoms with Crippen LogP contribution in [0.15, 0.2) is 18.2 Å². The number of hydrogen-bond acceptors (Lipinski definition) is 6. The highest BCUT2D eigenvalue weighted by Crippen LogP contribution is 2.29. The minimum atomic E-state index is -0.254. The molecule has 2 N–H and O–H groups in total. The van der Waals surface area contributed by atoms with Crippen molar-refractivity contribution in [3.05, 3.63) is 18.2 Å². The van der Waals surface area contributed by atoms with Gasteiger partial charge < -0.3 is 20.1 Å². The molecule has 0 bridgehead atoms. The highest BCUT2D eigenvalue weighted by molar-refractivity contribution is 5.94. The molecule has 0 radical (unpaired) electrons. The third kappa shape index (κ3) is 5.36. The van der Waals surface area contributed by atoms with Crippen molar-refractivity contribution in [3.8, 4) is 11.5 Å². The molecule has 8 heteroatoms. The number of carbonyl (C=O) groups excluding carboxylic acids is 2. The Kier molecular flexibility index (Phi) is 6.74. The molecule has 1 aromatic carbocycles. The van der Waals surface area contributed by atoms with Gasteiger partial charge in [0.15, 0.2) is 11.5 Å². The molecule has 1 saturated carbocycles. The lowest BCUT2D eigenvalue weighted by atomic mass is 10.2. The number of nitrogens with one attached hydrogen (secondary N) is 2. The Morgan fingerprint density at radius 3 is 2.39 bits per heavy atom. The number of benzene rings is 1. The van der Waals surface area contributed by atoms with E-state index in [9.17, 15) is 9.59 Å². The SMILES string of the molecule is COc1ccc(NC(=O)C(C)N2CCN(CC(=O)NC3CC3)CC2)cc1OC. The van der Waals surface area contributed by atoms with Crippen LogP contribution in [-0.4, -0.2) is 80.6 Å². The van der Waals surface area contributed by atoms with E-state index in [2.05, 4.69) is 20.4 Å². The van der Waals surface area contributed by atoms with Gasteiger partial charge >= 0.3 is 0 Å². The fraction of sp³-hybridized carbons (Fsp3) is 0.600. The van der Waals surface area contributed by atoms with Gasteiger partial charge in [0.1, 0.15) is 0 Å². The first-order valence-corrected chi connectivity index (χ1v) is 9.79. The molecule has 3 rings (SSSR count). The van der Waals surface area contributed by atoms with E-state index in [1.807, 2.05) is 6.92 Å². The summed E-state index contributed by atoms with van der Waals surface area (Å²) in [5.74, 6) is 1.24. The minimum Gasteiger partial charge on any atom is -0.493 e. The molecule has 1 aromatic rings. The monoisotopic (exact) mass is 390 g/mol. The maximum Gasteiger partial charge on any atom is 0.241 e. The van der Waals surface area contributed by atoms with Crippen molar-refractivity contribution in [3.63, 3.8) is 0 Å². The van der Waals surface area contributed by atoms with Gasteiger partial charge in [-0.3, -0.25) is 19.4 Å². The van der Waals surface area contributed by atoms with Gasteiger partial charge in [0, 0.05) is 44.0 Å². The average Bonchev–Trinajstić information content (AvgIpc) is 3.51. The van der Waals surface area contributed by atoms with Crippen LogP contribution in [0, 0.1) is 0 Å². The van der Waals surface area contributed by atoms with Crippen LogP contribution in [-0.2, 0) is 9.59 Å². The standard InChI is InChI=1S/C20H30N4O4/c1-14(20(26)22-16-6-7-17(27-2)18(12-16)28-3)24-10-8-23(9-11-24)13-19(25)21-15-4-5-15/h6-7,12,14-15H,4-5,8-11,13H2,1-3H3,(H,21,25)(H,22,26). The lowest BCUT2D eigenvalue weighted by Gasteiger charge is -2.37. The zero-order valence-electron chi connectivity index (χ0n) is 16.9. The molecule has 1 aliphatic carbocycles. The number of ether oxygens (including phenoxy) is 2. The van der Waals surface area contributed by atoms with E-state index in [4.69, 9.17) is 9.47 Å². The first-order valence-electron chi connectivity index (χ1n) is 9.79. The molecule has 28 heavy (non-hydrogen) atoms. The Bertz CT molecular complexity index is 699. The van der Waals surface area contributed by atoms with Gasteiger partial charge in [-0.1, -0.05) is 0 Å². The third-order valence-corrected chi connectivity index (χ3v) is 5.29. The van der Waals surface area contributed by atoms with Gasteiger partial charge in [-0.25, -0.2) is 0 Å². The number of hydrogen-bond donors (Lipinski definition) is 2. The summed E-state index contributed by atoms with van der Waals surface area (Å²) in [4.78, 5) is 28.9. The number of piperazine rings is 1. The Hall–Kier alpha value is -2.32. The fourth-order valence-corrected chi connectivity index (χ4v) is 3.34. The summed E-state index contributed by atoms with van der Waals surface area (Å²) in [6.07, 6.45) is 2.21. The van der Waals surface area contributed by atoms with Gasteiger partial charge in [0.25, 0.3) is 0 Å². The average molecular weight is 390 g/mol. The van der Waals surface area contributed by atoms with E-state index in [0.29, 0.717) is 29.8 Å². The molecule has 1 aliphatic heterocycles. The summed E-state index contributed by atoms with van der Waals surface area (Å²) >= 11 is 0. The van der Waals surface area contributed by atoms with E-state index < -0.39 is 0 Å². The highest BCUT2D eigenvalue weighted by Gasteiger charge is 2.28. The summed E-state index contributed by atoms with van der Waals surface area (Å²) in [5, 5.41) is 5.96. The normalized spacial score (nSPS) is 19.0. The van der Waals surface area contributed by atoms with Crippen molar-refractivity contribution >= 4 is 17.5 Å². The van der Waals surface area contributed by atoms with Crippen LogP contribution in [0.2, 0.25) is 0 Å². The number of methoxy groups -OCH3 is 2. The lowest BCUT2D eigenvalue weighted by molar-refractivity contribution is -0.124. The second kappa shape index (κ2) is 9.25. The largest absolute Gasteiger partial charge is 0.493 e. The van der Waals surface area contributed by atoms with Crippen LogP contribution in [0.1, 0.15) is 19.8 Å². The second-order valence-electron chi connectivity index (χ2n) is 7.39. The Morgan fingerprint density at radius 2 is 1.79 bits per heavy atom. The molecule has 154 valence electrons. The van der Waals surface area contributed by atoms with Gasteiger partial charge in [-0.05, 0) is 31.9 Å². The molecule has 2 amide bonds. The molecule has 1 heterocycles. The van der Waals surface area contributed by atoms with Gasteiger partial charge in [-0.2, -0.15) is 0 Å². The molecule has 1 atom stereocenters. The van der Waals surface area contributed by atoms with E-state index in [1.54, 1.807) is 32.4 Å². The summed E-state index contributed by atoms with van der Waals surface area (Å²) in [6, 6.07) is 5.46. The number of carbonyl (C=O) groups is 2. The van der Waals surface area contributed by atoms with Crippen LogP contribution in [0.25, 0.3) is 0 Å². The van der Waals surface area contributed by atoms with Crippen LogP contribution in [0.3, 0.4) is 0 Å². The number of nitrogens with zero attached hydrogens (tertiary/aromatic N) is 2. The molecule has 1 saturated heterocycles. The van der Waals surface area contributed by atoms with E-state index in [1.165, 1.54) is 0 Å². The van der Waals surface area contributed by atoms with Crippen molar-refractivity contribution in [2.45, 2.75) is 31.8 Å². The first-order chi connectivity index (χ1) is 13.5. The molecular weight excluding hydrogens is 360 g/mol. The summed E-state index contributed by atoms with van der Waals surface area (Å²) < 4.78 is 10.5. The van der Waals surface area contributed by atoms with E-state index in [-0.39, 0.29) is 17.9 Å². The zero-order chi connectivity index (χ0) is 20.1.